The van der Waals surface area contributed by atoms with Gasteiger partial charge in [-0.15, -0.1) is 21.5 Å². The SMILES string of the molecule is COc1ccc(-c2nnc(COc3ccc(NC(=O)c4sccc4C)cc3)o2)cc1. The summed E-state index contributed by atoms with van der Waals surface area (Å²) in [5.41, 5.74) is 2.46. The van der Waals surface area contributed by atoms with Gasteiger partial charge in [-0.2, -0.15) is 0 Å². The molecule has 2 heterocycles. The molecule has 0 atom stereocenters. The topological polar surface area (TPSA) is 86.5 Å². The second-order valence-corrected chi connectivity index (χ2v) is 7.35. The largest absolute Gasteiger partial charge is 0.497 e. The van der Waals surface area contributed by atoms with Crippen molar-refractivity contribution in [2.24, 2.45) is 0 Å². The summed E-state index contributed by atoms with van der Waals surface area (Å²) in [6.45, 7) is 2.06. The Labute approximate surface area is 177 Å². The Morgan fingerprint density at radius 1 is 1.03 bits per heavy atom. The van der Waals surface area contributed by atoms with E-state index >= 15 is 0 Å². The molecule has 0 saturated carbocycles. The molecular formula is C22H19N3O4S. The fraction of sp³-hybridized carbons (Fsp3) is 0.136. The van der Waals surface area contributed by atoms with Gasteiger partial charge in [0.15, 0.2) is 6.61 Å². The first-order valence-electron chi connectivity index (χ1n) is 9.17. The van der Waals surface area contributed by atoms with Crippen LogP contribution in [0.5, 0.6) is 11.5 Å². The maximum atomic E-state index is 12.3. The molecule has 0 aliphatic carbocycles. The lowest BCUT2D eigenvalue weighted by molar-refractivity contribution is 0.103. The van der Waals surface area contributed by atoms with Gasteiger partial charge >= 0.3 is 0 Å². The number of nitrogens with zero attached hydrogens (tertiary/aromatic N) is 2. The smallest absolute Gasteiger partial charge is 0.265 e. The number of ether oxygens (including phenoxy) is 2. The third-order valence-corrected chi connectivity index (χ3v) is 5.36. The number of nitrogens with one attached hydrogen (secondary N) is 1. The van der Waals surface area contributed by atoms with Crippen LogP contribution < -0.4 is 14.8 Å². The molecule has 0 fully saturated rings. The normalized spacial score (nSPS) is 10.6. The maximum absolute atomic E-state index is 12.3. The van der Waals surface area contributed by atoms with E-state index in [9.17, 15) is 4.79 Å². The van der Waals surface area contributed by atoms with Crippen LogP contribution in [0.3, 0.4) is 0 Å². The van der Waals surface area contributed by atoms with Crippen molar-refractivity contribution >= 4 is 22.9 Å². The van der Waals surface area contributed by atoms with Gasteiger partial charge < -0.3 is 19.2 Å². The summed E-state index contributed by atoms with van der Waals surface area (Å²) in [6.07, 6.45) is 0. The summed E-state index contributed by atoms with van der Waals surface area (Å²) >= 11 is 1.42. The first-order chi connectivity index (χ1) is 14.6. The van der Waals surface area contributed by atoms with Gasteiger partial charge in [-0.1, -0.05) is 0 Å². The molecule has 0 saturated heterocycles. The Morgan fingerprint density at radius 2 is 1.77 bits per heavy atom. The molecule has 1 amide bonds. The number of hydrogen-bond donors (Lipinski definition) is 1. The molecule has 4 aromatic rings. The summed E-state index contributed by atoms with van der Waals surface area (Å²) in [7, 11) is 1.61. The molecule has 0 spiro atoms. The predicted molar refractivity (Wildman–Crippen MR) is 114 cm³/mol. The first-order valence-corrected chi connectivity index (χ1v) is 10.1. The number of aromatic nitrogens is 2. The zero-order valence-corrected chi connectivity index (χ0v) is 17.2. The lowest BCUT2D eigenvalue weighted by Gasteiger charge is -2.07. The van der Waals surface area contributed by atoms with Gasteiger partial charge in [-0.05, 0) is 72.5 Å². The lowest BCUT2D eigenvalue weighted by Crippen LogP contribution is -2.11. The highest BCUT2D eigenvalue weighted by Crippen LogP contribution is 2.23. The van der Waals surface area contributed by atoms with E-state index in [1.165, 1.54) is 11.3 Å². The minimum absolute atomic E-state index is 0.118. The fourth-order valence-electron chi connectivity index (χ4n) is 2.73. The average molecular weight is 421 g/mol. The number of anilines is 1. The van der Waals surface area contributed by atoms with Crippen LogP contribution in [0.2, 0.25) is 0 Å². The summed E-state index contributed by atoms with van der Waals surface area (Å²) in [5, 5.41) is 12.8. The molecule has 4 rings (SSSR count). The highest BCUT2D eigenvalue weighted by molar-refractivity contribution is 7.12. The Bertz CT molecular complexity index is 1130. The second-order valence-electron chi connectivity index (χ2n) is 6.43. The van der Waals surface area contributed by atoms with Crippen LogP contribution in [0.15, 0.2) is 64.4 Å². The van der Waals surface area contributed by atoms with E-state index in [-0.39, 0.29) is 12.5 Å². The van der Waals surface area contributed by atoms with Gasteiger partial charge in [-0.25, -0.2) is 0 Å². The highest BCUT2D eigenvalue weighted by Gasteiger charge is 2.11. The number of thiophene rings is 1. The molecular weight excluding hydrogens is 402 g/mol. The summed E-state index contributed by atoms with van der Waals surface area (Å²) in [4.78, 5) is 13.0. The van der Waals surface area contributed by atoms with Crippen molar-refractivity contribution in [1.29, 1.82) is 0 Å². The molecule has 0 bridgehead atoms. The Balaban J connectivity index is 1.33. The van der Waals surface area contributed by atoms with Crippen molar-refractivity contribution < 1.29 is 18.7 Å². The molecule has 0 unspecified atom stereocenters. The molecule has 2 aromatic carbocycles. The van der Waals surface area contributed by atoms with Gasteiger partial charge in [0.1, 0.15) is 11.5 Å². The minimum atomic E-state index is -0.118. The van der Waals surface area contributed by atoms with Crippen LogP contribution in [0.1, 0.15) is 21.1 Å². The van der Waals surface area contributed by atoms with E-state index in [2.05, 4.69) is 15.5 Å². The van der Waals surface area contributed by atoms with Crippen molar-refractivity contribution in [3.8, 4) is 23.0 Å². The lowest BCUT2D eigenvalue weighted by atomic mass is 10.2. The Hall–Kier alpha value is -3.65. The van der Waals surface area contributed by atoms with Gasteiger partial charge in [0.25, 0.3) is 11.8 Å². The van der Waals surface area contributed by atoms with Crippen LogP contribution in [-0.2, 0) is 6.61 Å². The van der Waals surface area contributed by atoms with Crippen LogP contribution in [0.4, 0.5) is 5.69 Å². The van der Waals surface area contributed by atoms with Crippen molar-refractivity contribution in [2.75, 3.05) is 12.4 Å². The number of aryl methyl sites for hydroxylation is 1. The summed E-state index contributed by atoms with van der Waals surface area (Å²) in [5.74, 6) is 2.05. The van der Waals surface area contributed by atoms with E-state index in [4.69, 9.17) is 13.9 Å². The molecule has 0 radical (unpaired) electrons. The van der Waals surface area contributed by atoms with Crippen LogP contribution in [-0.4, -0.2) is 23.2 Å². The van der Waals surface area contributed by atoms with E-state index < -0.39 is 0 Å². The quantitative estimate of drug-likeness (QED) is 0.455. The van der Waals surface area contributed by atoms with Crippen LogP contribution in [0.25, 0.3) is 11.5 Å². The molecule has 0 aliphatic heterocycles. The fourth-order valence-corrected chi connectivity index (χ4v) is 3.56. The number of methoxy groups -OCH3 is 1. The molecule has 2 aromatic heterocycles. The van der Waals surface area contributed by atoms with Crippen molar-refractivity contribution in [2.45, 2.75) is 13.5 Å². The molecule has 8 heteroatoms. The monoisotopic (exact) mass is 421 g/mol. The molecule has 1 N–H and O–H groups in total. The van der Waals surface area contributed by atoms with Crippen molar-refractivity contribution in [3.05, 3.63) is 76.3 Å². The minimum Gasteiger partial charge on any atom is -0.497 e. The van der Waals surface area contributed by atoms with Crippen LogP contribution in [0, 0.1) is 6.92 Å². The molecule has 7 nitrogen and oxygen atoms in total. The number of carbonyl (C=O) groups is 1. The maximum Gasteiger partial charge on any atom is 0.265 e. The molecule has 0 aliphatic rings. The number of hydrogen-bond acceptors (Lipinski definition) is 7. The van der Waals surface area contributed by atoms with Gasteiger partial charge in [-0.3, -0.25) is 4.79 Å². The number of carbonyl (C=O) groups excluding carboxylic acids is 1. The van der Waals surface area contributed by atoms with Crippen LogP contribution >= 0.6 is 11.3 Å². The second kappa shape index (κ2) is 8.79. The van der Waals surface area contributed by atoms with E-state index in [0.29, 0.717) is 28.1 Å². The van der Waals surface area contributed by atoms with Gasteiger partial charge in [0.2, 0.25) is 5.89 Å². The number of benzene rings is 2. The van der Waals surface area contributed by atoms with Crippen molar-refractivity contribution in [1.82, 2.24) is 10.2 Å². The third-order valence-electron chi connectivity index (χ3n) is 4.35. The average Bonchev–Trinajstić information content (AvgIpc) is 3.42. The molecule has 152 valence electrons. The van der Waals surface area contributed by atoms with E-state index in [0.717, 1.165) is 16.9 Å². The summed E-state index contributed by atoms with van der Waals surface area (Å²) < 4.78 is 16.5. The standard InChI is InChI=1S/C22H19N3O4S/c1-14-11-12-30-20(14)21(26)23-16-5-9-18(10-6-16)28-13-19-24-25-22(29-19)15-3-7-17(27-2)8-4-15/h3-12H,13H2,1-2H3,(H,23,26). The van der Waals surface area contributed by atoms with E-state index in [1.807, 2.05) is 42.6 Å². The highest BCUT2D eigenvalue weighted by atomic mass is 32.1. The predicted octanol–water partition coefficient (Wildman–Crippen LogP) is 4.95. The third kappa shape index (κ3) is 4.49. The van der Waals surface area contributed by atoms with Gasteiger partial charge in [0.05, 0.1) is 12.0 Å². The number of rotatable bonds is 7. The first kappa shape index (κ1) is 19.7. The van der Waals surface area contributed by atoms with E-state index in [1.54, 1.807) is 31.4 Å². The zero-order valence-electron chi connectivity index (χ0n) is 16.4. The Kier molecular flexibility index (Phi) is 5.76. The molecule has 30 heavy (non-hydrogen) atoms. The van der Waals surface area contributed by atoms with Crippen molar-refractivity contribution in [3.63, 3.8) is 0 Å². The number of amides is 1. The zero-order chi connectivity index (χ0) is 20.9. The van der Waals surface area contributed by atoms with Gasteiger partial charge in [0, 0.05) is 11.3 Å². The Morgan fingerprint density at radius 3 is 2.43 bits per heavy atom. The summed E-state index contributed by atoms with van der Waals surface area (Å²) in [6, 6.07) is 16.4.